The maximum atomic E-state index is 14.5. The Hall–Kier alpha value is -4.05. The number of fused-ring (bicyclic) bond motifs is 2. The lowest BCUT2D eigenvalue weighted by atomic mass is 9.86. The lowest BCUT2D eigenvalue weighted by Crippen LogP contribution is -2.39. The minimum Gasteiger partial charge on any atom is -0.481 e. The molecule has 3 aromatic carbocycles. The lowest BCUT2D eigenvalue weighted by molar-refractivity contribution is -0.156. The van der Waals surface area contributed by atoms with Gasteiger partial charge in [0, 0.05) is 30.0 Å². The van der Waals surface area contributed by atoms with Gasteiger partial charge in [-0.05, 0) is 47.9 Å². The highest BCUT2D eigenvalue weighted by Gasteiger charge is 2.49. The summed E-state index contributed by atoms with van der Waals surface area (Å²) in [5.74, 6) is 5.94. The topological polar surface area (TPSA) is 134 Å². The molecule has 0 radical (unpaired) electrons. The highest BCUT2D eigenvalue weighted by molar-refractivity contribution is 7.89. The number of aliphatic hydroxyl groups excluding tert-OH is 1. The smallest absolute Gasteiger partial charge is 0.274 e. The van der Waals surface area contributed by atoms with Gasteiger partial charge in [-0.15, -0.1) is 0 Å². The fraction of sp³-hybridized carbons (Fsp3) is 0.233. The van der Waals surface area contributed by atoms with Crippen LogP contribution in [0.25, 0.3) is 22.6 Å². The van der Waals surface area contributed by atoms with Crippen molar-refractivity contribution in [1.29, 1.82) is 0 Å². The van der Waals surface area contributed by atoms with Crippen LogP contribution in [0.4, 0.5) is 4.39 Å². The number of rotatable bonds is 6. The quantitative estimate of drug-likeness (QED) is 0.330. The number of nitrogens with two attached hydrogens (primary N) is 1. The second-order valence-corrected chi connectivity index (χ2v) is 11.4. The zero-order valence-electron chi connectivity index (χ0n) is 21.6. The van der Waals surface area contributed by atoms with E-state index in [0.29, 0.717) is 35.4 Å². The van der Waals surface area contributed by atoms with Crippen LogP contribution in [0.1, 0.15) is 24.3 Å². The number of aromatic nitrogens is 1. The van der Waals surface area contributed by atoms with Gasteiger partial charge in [0.15, 0.2) is 12.1 Å². The van der Waals surface area contributed by atoms with Gasteiger partial charge in [-0.1, -0.05) is 36.3 Å². The lowest BCUT2D eigenvalue weighted by Gasteiger charge is -2.34. The average molecular weight is 577 g/mol. The summed E-state index contributed by atoms with van der Waals surface area (Å²) in [5.41, 5.74) is 1.50. The van der Waals surface area contributed by atoms with Crippen LogP contribution in [-0.2, 0) is 25.1 Å². The number of hydrogen-bond donors (Lipinski definition) is 2. The molecule has 0 amide bonds. The molecular formula is C30H25FN2O7S. The minimum absolute atomic E-state index is 0.0224. The van der Waals surface area contributed by atoms with Crippen LogP contribution in [0.5, 0.6) is 5.75 Å². The van der Waals surface area contributed by atoms with E-state index in [0.717, 1.165) is 5.56 Å². The molecule has 11 heteroatoms. The Morgan fingerprint density at radius 1 is 1.10 bits per heavy atom. The number of primary sulfonamides is 1. The van der Waals surface area contributed by atoms with Crippen molar-refractivity contribution in [2.45, 2.75) is 35.7 Å². The van der Waals surface area contributed by atoms with Gasteiger partial charge in [0.05, 0.1) is 17.6 Å². The third-order valence-corrected chi connectivity index (χ3v) is 7.84. The van der Waals surface area contributed by atoms with E-state index in [1.165, 1.54) is 24.3 Å². The van der Waals surface area contributed by atoms with Gasteiger partial charge in [-0.2, -0.15) is 0 Å². The fourth-order valence-electron chi connectivity index (χ4n) is 5.02. The van der Waals surface area contributed by atoms with E-state index in [9.17, 15) is 17.9 Å². The van der Waals surface area contributed by atoms with E-state index in [1.54, 1.807) is 18.2 Å². The van der Waals surface area contributed by atoms with Gasteiger partial charge < -0.3 is 23.7 Å². The van der Waals surface area contributed by atoms with Crippen molar-refractivity contribution in [3.05, 3.63) is 90.1 Å². The van der Waals surface area contributed by atoms with E-state index in [2.05, 4.69) is 16.8 Å². The number of halogens is 1. The second-order valence-electron chi connectivity index (χ2n) is 9.84. The SMILES string of the molecule is NS(=O)(=O)c1ccc(-c2oc(C#CCOc3cc(F)cc([C@]45CO[C@@H](C[C@@H](O)C4)O5)c3)nc2-c2ccccc2)cc1. The van der Waals surface area contributed by atoms with Crippen molar-refractivity contribution < 1.29 is 36.5 Å². The van der Waals surface area contributed by atoms with Crippen molar-refractivity contribution in [2.75, 3.05) is 13.2 Å². The Kier molecular flexibility index (Phi) is 7.11. The van der Waals surface area contributed by atoms with Gasteiger partial charge in [-0.25, -0.2) is 22.9 Å². The summed E-state index contributed by atoms with van der Waals surface area (Å²) in [6.45, 7) is 0.137. The van der Waals surface area contributed by atoms with Crippen LogP contribution in [0, 0.1) is 17.7 Å². The van der Waals surface area contributed by atoms with E-state index in [4.69, 9.17) is 23.8 Å². The number of nitrogens with zero attached hydrogens (tertiary/aromatic N) is 1. The average Bonchev–Trinajstić information content (AvgIpc) is 3.52. The van der Waals surface area contributed by atoms with Crippen LogP contribution in [-0.4, -0.2) is 44.1 Å². The first kappa shape index (κ1) is 27.1. The molecule has 1 aromatic heterocycles. The summed E-state index contributed by atoms with van der Waals surface area (Å²) < 4.78 is 61.0. The summed E-state index contributed by atoms with van der Waals surface area (Å²) >= 11 is 0. The predicted octanol–water partition coefficient (Wildman–Crippen LogP) is 3.95. The maximum Gasteiger partial charge on any atom is 0.274 e. The Balaban J connectivity index is 1.23. The molecule has 6 rings (SSSR count). The van der Waals surface area contributed by atoms with Crippen molar-refractivity contribution in [3.63, 3.8) is 0 Å². The summed E-state index contributed by atoms with van der Waals surface area (Å²) in [6, 6.07) is 19.6. The molecule has 2 fully saturated rings. The van der Waals surface area contributed by atoms with Crippen LogP contribution < -0.4 is 9.88 Å². The molecule has 210 valence electrons. The Morgan fingerprint density at radius 2 is 1.88 bits per heavy atom. The molecule has 4 aromatic rings. The molecule has 3 N–H and O–H groups in total. The van der Waals surface area contributed by atoms with E-state index >= 15 is 0 Å². The van der Waals surface area contributed by atoms with Crippen molar-refractivity contribution in [1.82, 2.24) is 4.98 Å². The van der Waals surface area contributed by atoms with Crippen molar-refractivity contribution in [2.24, 2.45) is 5.14 Å². The number of sulfonamides is 1. The van der Waals surface area contributed by atoms with Crippen LogP contribution in [0.15, 0.2) is 82.1 Å². The number of hydrogen-bond acceptors (Lipinski definition) is 8. The highest BCUT2D eigenvalue weighted by Crippen LogP contribution is 2.44. The first-order chi connectivity index (χ1) is 19.7. The molecule has 2 bridgehead atoms. The third kappa shape index (κ3) is 5.74. The molecule has 2 aliphatic heterocycles. The summed E-state index contributed by atoms with van der Waals surface area (Å²) in [6.07, 6.45) is -0.443. The summed E-state index contributed by atoms with van der Waals surface area (Å²) in [5, 5.41) is 15.4. The summed E-state index contributed by atoms with van der Waals surface area (Å²) in [7, 11) is -3.84. The monoisotopic (exact) mass is 576 g/mol. The molecule has 0 saturated carbocycles. The van der Waals surface area contributed by atoms with Crippen LogP contribution in [0.3, 0.4) is 0 Å². The molecule has 9 nitrogen and oxygen atoms in total. The van der Waals surface area contributed by atoms with Gasteiger partial charge in [-0.3, -0.25) is 0 Å². The normalized spacial score (nSPS) is 21.7. The first-order valence-electron chi connectivity index (χ1n) is 12.8. The molecule has 3 heterocycles. The van der Waals surface area contributed by atoms with E-state index in [-0.39, 0.29) is 29.7 Å². The molecule has 0 unspecified atom stereocenters. The van der Waals surface area contributed by atoms with E-state index < -0.39 is 33.8 Å². The molecule has 2 aliphatic rings. The number of aliphatic hydroxyl groups is 1. The van der Waals surface area contributed by atoms with Crippen molar-refractivity contribution >= 4 is 10.0 Å². The van der Waals surface area contributed by atoms with Gasteiger partial charge in [0.25, 0.3) is 5.89 Å². The minimum atomic E-state index is -3.84. The number of oxazole rings is 1. The van der Waals surface area contributed by atoms with Crippen LogP contribution in [0.2, 0.25) is 0 Å². The Labute approximate surface area is 235 Å². The van der Waals surface area contributed by atoms with Gasteiger partial charge in [0.2, 0.25) is 10.0 Å². The Morgan fingerprint density at radius 3 is 2.63 bits per heavy atom. The third-order valence-electron chi connectivity index (χ3n) is 6.91. The molecule has 41 heavy (non-hydrogen) atoms. The van der Waals surface area contributed by atoms with Crippen LogP contribution >= 0.6 is 0 Å². The second kappa shape index (κ2) is 10.7. The largest absolute Gasteiger partial charge is 0.481 e. The number of benzene rings is 3. The maximum absolute atomic E-state index is 14.5. The van der Waals surface area contributed by atoms with Gasteiger partial charge >= 0.3 is 0 Å². The highest BCUT2D eigenvalue weighted by atomic mass is 32.2. The zero-order valence-corrected chi connectivity index (χ0v) is 22.4. The molecule has 0 aliphatic carbocycles. The molecule has 0 spiro atoms. The number of ether oxygens (including phenoxy) is 3. The summed E-state index contributed by atoms with van der Waals surface area (Å²) in [4.78, 5) is 4.52. The fourth-order valence-corrected chi connectivity index (χ4v) is 5.54. The molecule has 3 atom stereocenters. The standard InChI is InChI=1S/C30H25FN2O7S/c31-22-13-21(30-17-23(34)16-27(40-30)38-18-30)14-24(15-22)37-12-4-7-26-33-28(19-5-2-1-3-6-19)29(39-26)20-8-10-25(11-9-20)41(32,35)36/h1-3,5-6,8-11,13-15,23,27,34H,12,16-18H2,(H2,32,35,36)/t23-,27-,30-/m1/s1. The first-order valence-corrected chi connectivity index (χ1v) is 14.3. The van der Waals surface area contributed by atoms with Gasteiger partial charge in [0.1, 0.15) is 29.5 Å². The van der Waals surface area contributed by atoms with E-state index in [1.807, 2.05) is 30.3 Å². The Bertz CT molecular complexity index is 1750. The predicted molar refractivity (Wildman–Crippen MR) is 145 cm³/mol. The molecule has 2 saturated heterocycles. The van der Waals surface area contributed by atoms with Crippen molar-refractivity contribution in [3.8, 4) is 40.2 Å². The zero-order chi connectivity index (χ0) is 28.6. The molecular weight excluding hydrogens is 551 g/mol.